The molecule has 0 spiro atoms. The maximum Gasteiger partial charge on any atom is 0 e. The van der Waals surface area contributed by atoms with Crippen molar-refractivity contribution in [2.45, 2.75) is 69.2 Å². The Morgan fingerprint density at radius 3 is 0.619 bits per heavy atom. The summed E-state index contributed by atoms with van der Waals surface area (Å²) in [4.78, 5) is 0. The molecule has 0 bridgehead atoms. The zero-order valence-electron chi connectivity index (χ0n) is 15.4. The van der Waals surface area contributed by atoms with Crippen LogP contribution in [0.25, 0.3) is 0 Å². The SMILES string of the molecule is Cc1c(C)c(C)[c-](C)c1C.Cc1c(C)c(C)[c-](C)c1C.[Fe]. The monoisotopic (exact) mass is 326 g/mol. The Morgan fingerprint density at radius 2 is 0.571 bits per heavy atom. The fourth-order valence-electron chi connectivity index (χ4n) is 2.81. The van der Waals surface area contributed by atoms with Gasteiger partial charge in [0.05, 0.1) is 0 Å². The van der Waals surface area contributed by atoms with Gasteiger partial charge in [0.1, 0.15) is 0 Å². The van der Waals surface area contributed by atoms with E-state index < -0.39 is 0 Å². The summed E-state index contributed by atoms with van der Waals surface area (Å²) in [5.41, 5.74) is 14.7. The summed E-state index contributed by atoms with van der Waals surface area (Å²) >= 11 is 0. The molecule has 0 nitrogen and oxygen atoms in total. The molecular formula is C20H30Fe-2. The van der Waals surface area contributed by atoms with E-state index in [2.05, 4.69) is 69.2 Å². The largest absolute Gasteiger partial charge is 0.196 e. The Morgan fingerprint density at radius 1 is 0.429 bits per heavy atom. The first kappa shape index (κ1) is 20.2. The van der Waals surface area contributed by atoms with Gasteiger partial charge in [-0.1, -0.05) is 69.2 Å². The molecule has 0 fully saturated rings. The molecule has 0 radical (unpaired) electrons. The van der Waals surface area contributed by atoms with Crippen LogP contribution in [0.2, 0.25) is 0 Å². The van der Waals surface area contributed by atoms with Gasteiger partial charge in [-0.2, -0.15) is 55.6 Å². The fraction of sp³-hybridized carbons (Fsp3) is 0.500. The number of hydrogen-bond acceptors (Lipinski definition) is 0. The molecule has 2 aromatic carbocycles. The van der Waals surface area contributed by atoms with Gasteiger partial charge in [-0.15, -0.1) is 0 Å². The van der Waals surface area contributed by atoms with Crippen LogP contribution >= 0.6 is 0 Å². The summed E-state index contributed by atoms with van der Waals surface area (Å²) in [5, 5.41) is 0. The molecule has 2 rings (SSSR count). The maximum atomic E-state index is 2.20. The van der Waals surface area contributed by atoms with Gasteiger partial charge in [-0.05, 0) is 0 Å². The van der Waals surface area contributed by atoms with Crippen LogP contribution in [0, 0.1) is 69.2 Å². The molecule has 120 valence electrons. The van der Waals surface area contributed by atoms with E-state index in [-0.39, 0.29) is 17.1 Å². The van der Waals surface area contributed by atoms with Crippen LogP contribution in [-0.2, 0) is 17.1 Å². The molecule has 0 atom stereocenters. The predicted octanol–water partition coefficient (Wildman–Crippen LogP) is 5.89. The second kappa shape index (κ2) is 7.47. The average molecular weight is 326 g/mol. The zero-order chi connectivity index (χ0) is 15.8. The van der Waals surface area contributed by atoms with Crippen molar-refractivity contribution in [1.29, 1.82) is 0 Å². The molecule has 0 unspecified atom stereocenters. The van der Waals surface area contributed by atoms with Crippen LogP contribution < -0.4 is 0 Å². The normalized spacial score (nSPS) is 10.0. The van der Waals surface area contributed by atoms with Crippen LogP contribution in [0.5, 0.6) is 0 Å². The second-order valence-corrected chi connectivity index (χ2v) is 6.25. The molecule has 0 saturated carbocycles. The van der Waals surface area contributed by atoms with E-state index in [1.165, 1.54) is 55.6 Å². The summed E-state index contributed by atoms with van der Waals surface area (Å²) in [6.45, 7) is 22.0. The molecule has 0 aromatic heterocycles. The van der Waals surface area contributed by atoms with Crippen molar-refractivity contribution in [2.75, 3.05) is 0 Å². The third-order valence-corrected chi connectivity index (χ3v) is 5.62. The van der Waals surface area contributed by atoms with E-state index in [1.54, 1.807) is 0 Å². The van der Waals surface area contributed by atoms with Crippen LogP contribution in [0.4, 0.5) is 0 Å². The number of rotatable bonds is 0. The fourth-order valence-corrected chi connectivity index (χ4v) is 2.81. The first-order valence-corrected chi connectivity index (χ1v) is 7.50. The summed E-state index contributed by atoms with van der Waals surface area (Å²) in [7, 11) is 0. The van der Waals surface area contributed by atoms with Gasteiger partial charge in [0, 0.05) is 17.1 Å². The quantitative estimate of drug-likeness (QED) is 0.418. The predicted molar refractivity (Wildman–Crippen MR) is 91.4 cm³/mol. The van der Waals surface area contributed by atoms with Crippen molar-refractivity contribution >= 4 is 0 Å². The van der Waals surface area contributed by atoms with Crippen LogP contribution in [-0.4, -0.2) is 0 Å². The average Bonchev–Trinajstić information content (AvgIpc) is 2.71. The Balaban J connectivity index is 0.000000364. The first-order valence-electron chi connectivity index (χ1n) is 7.50. The summed E-state index contributed by atoms with van der Waals surface area (Å²) in [5.74, 6) is 0. The molecule has 0 amide bonds. The summed E-state index contributed by atoms with van der Waals surface area (Å²) in [6, 6.07) is 0. The molecule has 0 N–H and O–H groups in total. The third-order valence-electron chi connectivity index (χ3n) is 5.62. The van der Waals surface area contributed by atoms with Gasteiger partial charge >= 0.3 is 0 Å². The van der Waals surface area contributed by atoms with E-state index >= 15 is 0 Å². The van der Waals surface area contributed by atoms with Crippen molar-refractivity contribution in [3.8, 4) is 0 Å². The van der Waals surface area contributed by atoms with E-state index in [4.69, 9.17) is 0 Å². The van der Waals surface area contributed by atoms with Gasteiger partial charge in [0.2, 0.25) is 0 Å². The van der Waals surface area contributed by atoms with Crippen molar-refractivity contribution < 1.29 is 17.1 Å². The Kier molecular flexibility index (Phi) is 7.19. The maximum absolute atomic E-state index is 2.20. The third kappa shape index (κ3) is 3.70. The molecule has 1 heteroatoms. The van der Waals surface area contributed by atoms with Gasteiger partial charge in [-0.3, -0.25) is 0 Å². The molecule has 21 heavy (non-hydrogen) atoms. The minimum atomic E-state index is 0. The Bertz CT molecular complexity index is 404. The van der Waals surface area contributed by atoms with Crippen LogP contribution in [0.1, 0.15) is 55.6 Å². The van der Waals surface area contributed by atoms with E-state index in [1.807, 2.05) is 0 Å². The van der Waals surface area contributed by atoms with Crippen molar-refractivity contribution in [2.24, 2.45) is 0 Å². The van der Waals surface area contributed by atoms with Crippen molar-refractivity contribution in [3.05, 3.63) is 55.6 Å². The van der Waals surface area contributed by atoms with Gasteiger partial charge in [-0.25, -0.2) is 0 Å². The molecule has 2 aromatic rings. The molecule has 0 aliphatic heterocycles. The topological polar surface area (TPSA) is 0 Å². The number of hydrogen-bond donors (Lipinski definition) is 0. The second-order valence-electron chi connectivity index (χ2n) is 6.25. The van der Waals surface area contributed by atoms with Crippen molar-refractivity contribution in [1.82, 2.24) is 0 Å². The molecule has 0 aliphatic carbocycles. The minimum absolute atomic E-state index is 0. The molecular weight excluding hydrogens is 296 g/mol. The van der Waals surface area contributed by atoms with E-state index in [0.717, 1.165) is 0 Å². The van der Waals surface area contributed by atoms with Crippen molar-refractivity contribution in [3.63, 3.8) is 0 Å². The Labute approximate surface area is 142 Å². The van der Waals surface area contributed by atoms with E-state index in [0.29, 0.717) is 0 Å². The first-order chi connectivity index (χ1) is 9.11. The zero-order valence-corrected chi connectivity index (χ0v) is 16.5. The van der Waals surface area contributed by atoms with E-state index in [9.17, 15) is 0 Å². The van der Waals surface area contributed by atoms with Crippen LogP contribution in [0.3, 0.4) is 0 Å². The van der Waals surface area contributed by atoms with Crippen LogP contribution in [0.15, 0.2) is 0 Å². The molecule has 0 heterocycles. The smallest absolute Gasteiger partial charge is 0 e. The Hall–Kier alpha value is -0.781. The molecule has 0 saturated heterocycles. The summed E-state index contributed by atoms with van der Waals surface area (Å²) in [6.07, 6.45) is 0. The minimum Gasteiger partial charge on any atom is -0.196 e. The standard InChI is InChI=1S/2C10H15.Fe/c2*1-6-7(2)9(4)10(5)8(6)3;/h2*1-5H3;/q2*-1;. The van der Waals surface area contributed by atoms with Gasteiger partial charge in [0.25, 0.3) is 0 Å². The van der Waals surface area contributed by atoms with Gasteiger partial charge in [0.15, 0.2) is 0 Å². The summed E-state index contributed by atoms with van der Waals surface area (Å²) < 4.78 is 0. The van der Waals surface area contributed by atoms with Gasteiger partial charge < -0.3 is 0 Å². The molecule has 0 aliphatic rings.